The number of nitrogens with zero attached hydrogens (tertiary/aromatic N) is 2. The highest BCUT2D eigenvalue weighted by molar-refractivity contribution is 5.83. The number of anilines is 1. The lowest BCUT2D eigenvalue weighted by atomic mass is 9.91. The van der Waals surface area contributed by atoms with Crippen molar-refractivity contribution in [3.63, 3.8) is 0 Å². The van der Waals surface area contributed by atoms with E-state index in [1.54, 1.807) is 0 Å². The van der Waals surface area contributed by atoms with Gasteiger partial charge in [-0.3, -0.25) is 5.10 Å². The summed E-state index contributed by atoms with van der Waals surface area (Å²) in [6.45, 7) is 2.11. The molecule has 1 aliphatic rings. The highest BCUT2D eigenvalue weighted by Crippen LogP contribution is 2.32. The number of ether oxygens (including phenoxy) is 1. The molecule has 1 fully saturated rings. The predicted octanol–water partition coefficient (Wildman–Crippen LogP) is 4.70. The molecule has 1 saturated carbocycles. The molecular weight excluding hydrogens is 310 g/mol. The van der Waals surface area contributed by atoms with E-state index in [1.807, 2.05) is 6.20 Å². The standard InChI is InChI=1S/C21H25N3O/c1-15-19-14-22-23-20(19)11-12-21(15)25-18-10-6-9-17(13-18)24(2)16-7-4-3-5-8-16/h3-5,7-8,11-12,14,17-18H,6,9-10,13H2,1-2H3,(H,22,23)/t17-,18+/m1/s1. The molecular formula is C21H25N3O. The summed E-state index contributed by atoms with van der Waals surface area (Å²) < 4.78 is 6.41. The minimum absolute atomic E-state index is 0.271. The molecule has 0 amide bonds. The monoisotopic (exact) mass is 335 g/mol. The molecule has 4 nitrogen and oxygen atoms in total. The summed E-state index contributed by atoms with van der Waals surface area (Å²) in [4.78, 5) is 2.40. The lowest BCUT2D eigenvalue weighted by Gasteiger charge is -2.37. The first-order valence-corrected chi connectivity index (χ1v) is 9.09. The zero-order chi connectivity index (χ0) is 17.2. The van der Waals surface area contributed by atoms with Crippen molar-refractivity contribution < 1.29 is 4.74 Å². The van der Waals surface area contributed by atoms with Crippen molar-refractivity contribution in [3.8, 4) is 5.75 Å². The summed E-state index contributed by atoms with van der Waals surface area (Å²) in [5.41, 5.74) is 3.52. The van der Waals surface area contributed by atoms with Crippen LogP contribution in [0.25, 0.3) is 10.9 Å². The summed E-state index contributed by atoms with van der Waals surface area (Å²) >= 11 is 0. The van der Waals surface area contributed by atoms with Crippen LogP contribution in [0, 0.1) is 6.92 Å². The number of aromatic nitrogens is 2. The Hall–Kier alpha value is -2.49. The Morgan fingerprint density at radius 1 is 1.12 bits per heavy atom. The van der Waals surface area contributed by atoms with Gasteiger partial charge in [-0.15, -0.1) is 0 Å². The van der Waals surface area contributed by atoms with Crippen LogP contribution in [0.5, 0.6) is 5.75 Å². The fourth-order valence-corrected chi connectivity index (χ4v) is 3.90. The number of H-pyrrole nitrogens is 1. The van der Waals surface area contributed by atoms with Crippen molar-refractivity contribution in [3.05, 3.63) is 54.2 Å². The SMILES string of the molecule is Cc1c(O[C@H]2CCC[C@@H](N(C)c3ccccc3)C2)ccc2[nH]ncc12. The van der Waals surface area contributed by atoms with E-state index >= 15 is 0 Å². The number of para-hydroxylation sites is 1. The number of aryl methyl sites for hydroxylation is 1. The normalized spacial score (nSPS) is 20.6. The molecule has 1 aliphatic carbocycles. The van der Waals surface area contributed by atoms with Gasteiger partial charge < -0.3 is 9.64 Å². The molecule has 0 aliphatic heterocycles. The van der Waals surface area contributed by atoms with Crippen LogP contribution < -0.4 is 9.64 Å². The summed E-state index contributed by atoms with van der Waals surface area (Å²) in [5, 5.41) is 8.30. The van der Waals surface area contributed by atoms with Gasteiger partial charge in [-0.1, -0.05) is 18.2 Å². The van der Waals surface area contributed by atoms with E-state index in [4.69, 9.17) is 4.74 Å². The van der Waals surface area contributed by atoms with Gasteiger partial charge in [0.2, 0.25) is 0 Å². The fourth-order valence-electron chi connectivity index (χ4n) is 3.90. The van der Waals surface area contributed by atoms with Crippen LogP contribution in [0.15, 0.2) is 48.7 Å². The second kappa shape index (κ2) is 6.79. The number of benzene rings is 2. The van der Waals surface area contributed by atoms with Crippen LogP contribution in [0.4, 0.5) is 5.69 Å². The molecule has 1 aromatic heterocycles. The Bertz CT molecular complexity index is 843. The van der Waals surface area contributed by atoms with Crippen molar-refractivity contribution >= 4 is 16.6 Å². The molecule has 4 heteroatoms. The van der Waals surface area contributed by atoms with Crippen LogP contribution in [0.3, 0.4) is 0 Å². The largest absolute Gasteiger partial charge is 0.490 e. The van der Waals surface area contributed by atoms with Gasteiger partial charge in [-0.2, -0.15) is 5.10 Å². The van der Waals surface area contributed by atoms with E-state index in [0.29, 0.717) is 6.04 Å². The van der Waals surface area contributed by atoms with Gasteiger partial charge in [0, 0.05) is 36.1 Å². The third-order valence-corrected chi connectivity index (χ3v) is 5.45. The molecule has 4 rings (SSSR count). The van der Waals surface area contributed by atoms with Crippen LogP contribution >= 0.6 is 0 Å². The summed E-state index contributed by atoms with van der Waals surface area (Å²) in [5.74, 6) is 0.988. The molecule has 2 atom stereocenters. The molecule has 0 saturated heterocycles. The quantitative estimate of drug-likeness (QED) is 0.751. The second-order valence-corrected chi connectivity index (χ2v) is 7.03. The molecule has 1 heterocycles. The average molecular weight is 335 g/mol. The molecule has 2 aromatic carbocycles. The molecule has 0 radical (unpaired) electrons. The molecule has 130 valence electrons. The van der Waals surface area contributed by atoms with Crippen LogP contribution in [0.1, 0.15) is 31.2 Å². The summed E-state index contributed by atoms with van der Waals surface area (Å²) in [6, 6.07) is 15.3. The van der Waals surface area contributed by atoms with E-state index in [-0.39, 0.29) is 6.10 Å². The lowest BCUT2D eigenvalue weighted by molar-refractivity contribution is 0.142. The number of nitrogens with one attached hydrogen (secondary N) is 1. The molecule has 3 aromatic rings. The van der Waals surface area contributed by atoms with Gasteiger partial charge in [-0.25, -0.2) is 0 Å². The number of rotatable bonds is 4. The molecule has 1 N–H and O–H groups in total. The Balaban J connectivity index is 1.48. The summed E-state index contributed by atoms with van der Waals surface area (Å²) in [6.07, 6.45) is 6.78. The average Bonchev–Trinajstić information content (AvgIpc) is 3.14. The van der Waals surface area contributed by atoms with Crippen molar-refractivity contribution in [2.24, 2.45) is 0 Å². The van der Waals surface area contributed by atoms with E-state index in [1.165, 1.54) is 24.1 Å². The molecule has 0 spiro atoms. The van der Waals surface area contributed by atoms with Crippen LogP contribution in [-0.2, 0) is 0 Å². The molecule has 0 bridgehead atoms. The zero-order valence-corrected chi connectivity index (χ0v) is 14.9. The summed E-state index contributed by atoms with van der Waals surface area (Å²) in [7, 11) is 2.20. The Morgan fingerprint density at radius 2 is 1.96 bits per heavy atom. The Labute approximate surface area is 148 Å². The number of fused-ring (bicyclic) bond motifs is 1. The first kappa shape index (κ1) is 16.0. The Kier molecular flexibility index (Phi) is 4.35. The van der Waals surface area contributed by atoms with Crippen LogP contribution in [-0.4, -0.2) is 29.4 Å². The third-order valence-electron chi connectivity index (χ3n) is 5.45. The molecule has 0 unspecified atom stereocenters. The number of aromatic amines is 1. The van der Waals surface area contributed by atoms with E-state index in [9.17, 15) is 0 Å². The maximum absolute atomic E-state index is 6.41. The van der Waals surface area contributed by atoms with Crippen LogP contribution in [0.2, 0.25) is 0 Å². The van der Waals surface area contributed by atoms with E-state index < -0.39 is 0 Å². The highest BCUT2D eigenvalue weighted by atomic mass is 16.5. The minimum atomic E-state index is 0.271. The first-order chi connectivity index (χ1) is 12.2. The van der Waals surface area contributed by atoms with Gasteiger partial charge >= 0.3 is 0 Å². The highest BCUT2D eigenvalue weighted by Gasteiger charge is 2.27. The second-order valence-electron chi connectivity index (χ2n) is 7.03. The third kappa shape index (κ3) is 3.21. The first-order valence-electron chi connectivity index (χ1n) is 9.09. The number of hydrogen-bond acceptors (Lipinski definition) is 3. The lowest BCUT2D eigenvalue weighted by Crippen LogP contribution is -2.39. The van der Waals surface area contributed by atoms with Crippen molar-refractivity contribution in [1.82, 2.24) is 10.2 Å². The van der Waals surface area contributed by atoms with Gasteiger partial charge in [0.05, 0.1) is 11.7 Å². The topological polar surface area (TPSA) is 41.1 Å². The fraction of sp³-hybridized carbons (Fsp3) is 0.381. The molecule has 25 heavy (non-hydrogen) atoms. The van der Waals surface area contributed by atoms with Crippen molar-refractivity contribution in [2.75, 3.05) is 11.9 Å². The number of hydrogen-bond donors (Lipinski definition) is 1. The maximum Gasteiger partial charge on any atom is 0.123 e. The van der Waals surface area contributed by atoms with Crippen molar-refractivity contribution in [1.29, 1.82) is 0 Å². The van der Waals surface area contributed by atoms with Gasteiger partial charge in [0.25, 0.3) is 0 Å². The van der Waals surface area contributed by atoms with Gasteiger partial charge in [0.1, 0.15) is 11.9 Å². The van der Waals surface area contributed by atoms with E-state index in [2.05, 4.69) is 71.5 Å². The van der Waals surface area contributed by atoms with E-state index in [0.717, 1.165) is 29.5 Å². The van der Waals surface area contributed by atoms with Gasteiger partial charge in [0.15, 0.2) is 0 Å². The zero-order valence-electron chi connectivity index (χ0n) is 14.9. The smallest absolute Gasteiger partial charge is 0.123 e. The Morgan fingerprint density at radius 3 is 2.80 bits per heavy atom. The maximum atomic E-state index is 6.41. The van der Waals surface area contributed by atoms with Crippen molar-refractivity contribution in [2.45, 2.75) is 44.8 Å². The minimum Gasteiger partial charge on any atom is -0.490 e. The van der Waals surface area contributed by atoms with Gasteiger partial charge in [-0.05, 0) is 50.5 Å². The predicted molar refractivity (Wildman–Crippen MR) is 102 cm³/mol.